The first-order valence-corrected chi connectivity index (χ1v) is 6.74. The molecule has 0 spiro atoms. The normalized spacial score (nSPS) is 15.2. The summed E-state index contributed by atoms with van der Waals surface area (Å²) in [5.74, 6) is 0.520. The number of urea groups is 1. The molecule has 1 N–H and O–H groups in total. The highest BCUT2D eigenvalue weighted by molar-refractivity contribution is 5.90. The first kappa shape index (κ1) is 12.9. The molecular weight excluding hydrogens is 224 g/mol. The van der Waals surface area contributed by atoms with Gasteiger partial charge in [-0.05, 0) is 42.9 Å². The molecule has 2 rings (SSSR count). The predicted octanol–water partition coefficient (Wildman–Crippen LogP) is 3.75. The van der Waals surface area contributed by atoms with Gasteiger partial charge in [0.2, 0.25) is 0 Å². The molecule has 98 valence electrons. The maximum Gasteiger partial charge on any atom is 0.321 e. The lowest BCUT2D eigenvalue weighted by Gasteiger charge is -2.18. The van der Waals surface area contributed by atoms with Gasteiger partial charge in [0.1, 0.15) is 0 Å². The second kappa shape index (κ2) is 5.42. The number of carbonyl (C=O) groups excluding carboxylic acids is 1. The van der Waals surface area contributed by atoms with Crippen LogP contribution >= 0.6 is 0 Å². The fourth-order valence-corrected chi connectivity index (χ4v) is 2.30. The van der Waals surface area contributed by atoms with Crippen LogP contribution in [-0.4, -0.2) is 24.0 Å². The first-order chi connectivity index (χ1) is 8.58. The maximum absolute atomic E-state index is 12.0. The standard InChI is InChI=1S/C15H22N2O/c1-11(2)13-6-7-14(12(3)10-13)16-15(18)17-8-4-5-9-17/h6-7,10-11H,4-5,8-9H2,1-3H3,(H,16,18). The second-order valence-electron chi connectivity index (χ2n) is 5.35. The summed E-state index contributed by atoms with van der Waals surface area (Å²) in [4.78, 5) is 13.9. The number of amides is 2. The number of nitrogens with zero attached hydrogens (tertiary/aromatic N) is 1. The number of likely N-dealkylation sites (tertiary alicyclic amines) is 1. The van der Waals surface area contributed by atoms with Crippen molar-refractivity contribution in [1.29, 1.82) is 0 Å². The molecule has 1 fully saturated rings. The Morgan fingerprint density at radius 2 is 1.94 bits per heavy atom. The highest BCUT2D eigenvalue weighted by atomic mass is 16.2. The quantitative estimate of drug-likeness (QED) is 0.847. The van der Waals surface area contributed by atoms with E-state index in [1.807, 2.05) is 17.9 Å². The number of hydrogen-bond acceptors (Lipinski definition) is 1. The molecular formula is C15H22N2O. The average Bonchev–Trinajstić information content (AvgIpc) is 2.85. The Hall–Kier alpha value is -1.51. The van der Waals surface area contributed by atoms with Crippen molar-refractivity contribution in [3.05, 3.63) is 29.3 Å². The van der Waals surface area contributed by atoms with E-state index in [1.165, 1.54) is 5.56 Å². The summed E-state index contributed by atoms with van der Waals surface area (Å²) in [7, 11) is 0. The van der Waals surface area contributed by atoms with Crippen LogP contribution in [-0.2, 0) is 0 Å². The molecule has 1 aromatic rings. The summed E-state index contributed by atoms with van der Waals surface area (Å²) in [6.45, 7) is 8.17. The van der Waals surface area contributed by atoms with E-state index in [4.69, 9.17) is 0 Å². The SMILES string of the molecule is Cc1cc(C(C)C)ccc1NC(=O)N1CCCC1. The van der Waals surface area contributed by atoms with Gasteiger partial charge in [-0.25, -0.2) is 4.79 Å². The molecule has 1 aliphatic heterocycles. The monoisotopic (exact) mass is 246 g/mol. The van der Waals surface area contributed by atoms with E-state index in [1.54, 1.807) is 0 Å². The lowest BCUT2D eigenvalue weighted by Crippen LogP contribution is -2.32. The minimum Gasteiger partial charge on any atom is -0.325 e. The third-order valence-electron chi connectivity index (χ3n) is 3.55. The van der Waals surface area contributed by atoms with Crippen LogP contribution in [0.4, 0.5) is 10.5 Å². The van der Waals surface area contributed by atoms with E-state index >= 15 is 0 Å². The largest absolute Gasteiger partial charge is 0.325 e. The van der Waals surface area contributed by atoms with Crippen LogP contribution in [0.25, 0.3) is 0 Å². The van der Waals surface area contributed by atoms with Crippen molar-refractivity contribution in [1.82, 2.24) is 4.90 Å². The van der Waals surface area contributed by atoms with Crippen LogP contribution in [0.15, 0.2) is 18.2 Å². The lowest BCUT2D eigenvalue weighted by molar-refractivity contribution is 0.222. The number of benzene rings is 1. The molecule has 0 unspecified atom stereocenters. The molecule has 1 saturated heterocycles. The van der Waals surface area contributed by atoms with Gasteiger partial charge in [-0.2, -0.15) is 0 Å². The van der Waals surface area contributed by atoms with E-state index in [9.17, 15) is 4.79 Å². The van der Waals surface area contributed by atoms with Crippen molar-refractivity contribution in [3.63, 3.8) is 0 Å². The second-order valence-corrected chi connectivity index (χ2v) is 5.35. The summed E-state index contributed by atoms with van der Waals surface area (Å²) in [6.07, 6.45) is 2.25. The fourth-order valence-electron chi connectivity index (χ4n) is 2.30. The van der Waals surface area contributed by atoms with Crippen molar-refractivity contribution in [2.45, 2.75) is 39.5 Å². The van der Waals surface area contributed by atoms with Gasteiger partial charge in [-0.1, -0.05) is 26.0 Å². The van der Waals surface area contributed by atoms with Crippen LogP contribution in [0, 0.1) is 6.92 Å². The molecule has 0 atom stereocenters. The highest BCUT2D eigenvalue weighted by Gasteiger charge is 2.18. The Kier molecular flexibility index (Phi) is 3.90. The van der Waals surface area contributed by atoms with Crippen molar-refractivity contribution >= 4 is 11.7 Å². The number of hydrogen-bond donors (Lipinski definition) is 1. The zero-order chi connectivity index (χ0) is 13.1. The van der Waals surface area contributed by atoms with Gasteiger partial charge in [-0.15, -0.1) is 0 Å². The molecule has 3 heteroatoms. The first-order valence-electron chi connectivity index (χ1n) is 6.74. The molecule has 0 aliphatic carbocycles. The van der Waals surface area contributed by atoms with Crippen molar-refractivity contribution in [2.24, 2.45) is 0 Å². The van der Waals surface area contributed by atoms with E-state index in [0.717, 1.165) is 37.2 Å². The van der Waals surface area contributed by atoms with Gasteiger partial charge in [0.25, 0.3) is 0 Å². The van der Waals surface area contributed by atoms with E-state index < -0.39 is 0 Å². The van der Waals surface area contributed by atoms with E-state index in [-0.39, 0.29) is 6.03 Å². The van der Waals surface area contributed by atoms with Crippen LogP contribution in [0.2, 0.25) is 0 Å². The average molecular weight is 246 g/mol. The third-order valence-corrected chi connectivity index (χ3v) is 3.55. The highest BCUT2D eigenvalue weighted by Crippen LogP contribution is 2.22. The fraction of sp³-hybridized carbons (Fsp3) is 0.533. The summed E-state index contributed by atoms with van der Waals surface area (Å²) in [5, 5.41) is 3.01. The van der Waals surface area contributed by atoms with Gasteiger partial charge < -0.3 is 10.2 Å². The molecule has 1 aliphatic rings. The smallest absolute Gasteiger partial charge is 0.321 e. The Balaban J connectivity index is 2.07. The minimum absolute atomic E-state index is 0.0351. The molecule has 18 heavy (non-hydrogen) atoms. The van der Waals surface area contributed by atoms with Crippen molar-refractivity contribution in [2.75, 3.05) is 18.4 Å². The molecule has 2 amide bonds. The molecule has 1 heterocycles. The number of anilines is 1. The van der Waals surface area contributed by atoms with Crippen LogP contribution < -0.4 is 5.32 Å². The summed E-state index contributed by atoms with van der Waals surface area (Å²) < 4.78 is 0. The summed E-state index contributed by atoms with van der Waals surface area (Å²) in [5.41, 5.74) is 3.37. The van der Waals surface area contributed by atoms with Gasteiger partial charge in [0.05, 0.1) is 0 Å². The molecule has 3 nitrogen and oxygen atoms in total. The van der Waals surface area contributed by atoms with E-state index in [2.05, 4.69) is 31.3 Å². The molecule has 0 saturated carbocycles. The summed E-state index contributed by atoms with van der Waals surface area (Å²) >= 11 is 0. The predicted molar refractivity (Wildman–Crippen MR) is 75.1 cm³/mol. The van der Waals surface area contributed by atoms with Gasteiger partial charge >= 0.3 is 6.03 Å². The Morgan fingerprint density at radius 3 is 2.50 bits per heavy atom. The van der Waals surface area contributed by atoms with Gasteiger partial charge in [0.15, 0.2) is 0 Å². The molecule has 0 bridgehead atoms. The van der Waals surface area contributed by atoms with Crippen molar-refractivity contribution < 1.29 is 4.79 Å². The number of nitrogens with one attached hydrogen (secondary N) is 1. The topological polar surface area (TPSA) is 32.3 Å². The van der Waals surface area contributed by atoms with Crippen molar-refractivity contribution in [3.8, 4) is 0 Å². The Bertz CT molecular complexity index is 434. The van der Waals surface area contributed by atoms with Gasteiger partial charge in [-0.3, -0.25) is 0 Å². The van der Waals surface area contributed by atoms with Crippen LogP contribution in [0.1, 0.15) is 43.7 Å². The zero-order valence-corrected chi connectivity index (χ0v) is 11.5. The third kappa shape index (κ3) is 2.84. The molecule has 0 radical (unpaired) electrons. The molecule has 0 aromatic heterocycles. The maximum atomic E-state index is 12.0. The van der Waals surface area contributed by atoms with Crippen LogP contribution in [0.3, 0.4) is 0 Å². The zero-order valence-electron chi connectivity index (χ0n) is 11.5. The number of rotatable bonds is 2. The molecule has 1 aromatic carbocycles. The van der Waals surface area contributed by atoms with Gasteiger partial charge in [0, 0.05) is 18.8 Å². The Labute approximate surface area is 109 Å². The summed E-state index contributed by atoms with van der Waals surface area (Å²) in [6, 6.07) is 6.30. The van der Waals surface area contributed by atoms with E-state index in [0.29, 0.717) is 5.92 Å². The Morgan fingerprint density at radius 1 is 1.28 bits per heavy atom. The minimum atomic E-state index is 0.0351. The lowest BCUT2D eigenvalue weighted by atomic mass is 10.0. The van der Waals surface area contributed by atoms with Crippen LogP contribution in [0.5, 0.6) is 0 Å². The number of carbonyl (C=O) groups is 1. The number of aryl methyl sites for hydroxylation is 1.